The summed E-state index contributed by atoms with van der Waals surface area (Å²) in [6, 6.07) is 9.64. The number of imide groups is 1. The number of pyridine rings is 1. The lowest BCUT2D eigenvalue weighted by Crippen LogP contribution is -2.52. The number of hydrogen-bond donors (Lipinski definition) is 2. The van der Waals surface area contributed by atoms with Gasteiger partial charge in [-0.3, -0.25) is 14.9 Å². The summed E-state index contributed by atoms with van der Waals surface area (Å²) in [7, 11) is 0. The molecule has 3 rings (SSSR count). The third kappa shape index (κ3) is 2.21. The van der Waals surface area contributed by atoms with E-state index in [9.17, 15) is 9.59 Å². The lowest BCUT2D eigenvalue weighted by Gasteiger charge is -2.28. The number of nitrogens with two attached hydrogens (primary N) is 1. The molecule has 1 fully saturated rings. The smallest absolute Gasteiger partial charge is 0.246 e. The van der Waals surface area contributed by atoms with E-state index in [-0.39, 0.29) is 24.9 Å². The van der Waals surface area contributed by atoms with Crippen LogP contribution in [0.4, 0.5) is 5.82 Å². The third-order valence-corrected chi connectivity index (χ3v) is 3.25. The van der Waals surface area contributed by atoms with E-state index in [4.69, 9.17) is 5.73 Å². The summed E-state index contributed by atoms with van der Waals surface area (Å²) in [6.45, 7) is 0.535. The fourth-order valence-electron chi connectivity index (χ4n) is 2.36. The summed E-state index contributed by atoms with van der Waals surface area (Å²) < 4.78 is 0. The quantitative estimate of drug-likeness (QED) is 0.759. The Kier molecular flexibility index (Phi) is 3.08. The van der Waals surface area contributed by atoms with Crippen molar-refractivity contribution < 1.29 is 9.59 Å². The highest BCUT2D eigenvalue weighted by atomic mass is 16.2. The van der Waals surface area contributed by atoms with Crippen LogP contribution in [0.25, 0.3) is 10.9 Å². The van der Waals surface area contributed by atoms with Crippen molar-refractivity contribution in [1.82, 2.24) is 10.3 Å². The van der Waals surface area contributed by atoms with Gasteiger partial charge in [-0.2, -0.15) is 0 Å². The zero-order valence-electron chi connectivity index (χ0n) is 10.8. The van der Waals surface area contributed by atoms with Crippen molar-refractivity contribution in [3.8, 4) is 0 Å². The van der Waals surface area contributed by atoms with E-state index in [2.05, 4.69) is 10.3 Å². The summed E-state index contributed by atoms with van der Waals surface area (Å²) >= 11 is 0. The van der Waals surface area contributed by atoms with Gasteiger partial charge in [0.2, 0.25) is 11.8 Å². The molecule has 1 aliphatic rings. The molecular weight excluding hydrogens is 256 g/mol. The molecule has 2 amide bonds. The molecule has 0 spiro atoms. The first-order valence-corrected chi connectivity index (χ1v) is 6.34. The van der Waals surface area contributed by atoms with Crippen LogP contribution >= 0.6 is 0 Å². The van der Waals surface area contributed by atoms with Gasteiger partial charge in [-0.1, -0.05) is 18.2 Å². The molecule has 6 nitrogen and oxygen atoms in total. The molecule has 0 atom stereocenters. The number of nitrogens with zero attached hydrogens (tertiary/aromatic N) is 2. The van der Waals surface area contributed by atoms with Gasteiger partial charge in [0.05, 0.1) is 18.6 Å². The summed E-state index contributed by atoms with van der Waals surface area (Å²) in [5.41, 5.74) is 7.41. The Morgan fingerprint density at radius 1 is 1.20 bits per heavy atom. The van der Waals surface area contributed by atoms with Gasteiger partial charge >= 0.3 is 0 Å². The number of benzene rings is 1. The minimum atomic E-state index is -0.320. The zero-order chi connectivity index (χ0) is 14.1. The van der Waals surface area contributed by atoms with E-state index in [0.717, 1.165) is 16.5 Å². The fourth-order valence-corrected chi connectivity index (χ4v) is 2.36. The topological polar surface area (TPSA) is 88.3 Å². The summed E-state index contributed by atoms with van der Waals surface area (Å²) in [5, 5.41) is 3.27. The minimum Gasteiger partial charge on any atom is -0.338 e. The number of fused-ring (bicyclic) bond motifs is 1. The van der Waals surface area contributed by atoms with Crippen LogP contribution < -0.4 is 16.0 Å². The van der Waals surface area contributed by atoms with Crippen LogP contribution in [0.2, 0.25) is 0 Å². The van der Waals surface area contributed by atoms with Crippen LogP contribution in [0.5, 0.6) is 0 Å². The highest BCUT2D eigenvalue weighted by Gasteiger charge is 2.25. The molecule has 0 radical (unpaired) electrons. The Labute approximate surface area is 115 Å². The number of anilines is 1. The molecule has 2 aromatic rings. The highest BCUT2D eigenvalue weighted by molar-refractivity contribution is 6.02. The maximum absolute atomic E-state index is 11.5. The predicted octanol–water partition coefficient (Wildman–Crippen LogP) is 0.156. The third-order valence-electron chi connectivity index (χ3n) is 3.25. The molecule has 2 heterocycles. The SMILES string of the molecule is NCc1cc2ccccc2nc1N1CC(=O)NC(=O)C1. The first kappa shape index (κ1) is 12.6. The van der Waals surface area contributed by atoms with E-state index < -0.39 is 0 Å². The average molecular weight is 270 g/mol. The molecule has 0 bridgehead atoms. The molecule has 6 heteroatoms. The second-order valence-corrected chi connectivity index (χ2v) is 4.70. The number of aromatic nitrogens is 1. The first-order valence-electron chi connectivity index (χ1n) is 6.34. The Hall–Kier alpha value is -2.47. The molecular formula is C14H14N4O2. The van der Waals surface area contributed by atoms with Crippen LogP contribution in [0.3, 0.4) is 0 Å². The number of carbonyl (C=O) groups is 2. The Morgan fingerprint density at radius 2 is 1.90 bits per heavy atom. The summed E-state index contributed by atoms with van der Waals surface area (Å²) in [6.07, 6.45) is 0. The minimum absolute atomic E-state index is 0.115. The number of carbonyl (C=O) groups excluding carboxylic acids is 2. The molecule has 102 valence electrons. The van der Waals surface area contributed by atoms with E-state index in [1.165, 1.54) is 0 Å². The van der Waals surface area contributed by atoms with Crippen molar-refractivity contribution in [3.63, 3.8) is 0 Å². The van der Waals surface area contributed by atoms with Gasteiger partial charge in [0, 0.05) is 17.5 Å². The zero-order valence-corrected chi connectivity index (χ0v) is 10.8. The average Bonchev–Trinajstić information content (AvgIpc) is 2.44. The Bertz CT molecular complexity index is 683. The van der Waals surface area contributed by atoms with E-state index >= 15 is 0 Å². The second kappa shape index (κ2) is 4.90. The number of piperazine rings is 1. The lowest BCUT2D eigenvalue weighted by molar-refractivity contribution is -0.130. The Balaban J connectivity index is 2.09. The fraction of sp³-hybridized carbons (Fsp3) is 0.214. The van der Waals surface area contributed by atoms with Crippen molar-refractivity contribution in [2.24, 2.45) is 5.73 Å². The molecule has 1 aromatic heterocycles. The van der Waals surface area contributed by atoms with Crippen LogP contribution in [0.1, 0.15) is 5.56 Å². The molecule has 20 heavy (non-hydrogen) atoms. The number of hydrogen-bond acceptors (Lipinski definition) is 5. The molecule has 3 N–H and O–H groups in total. The van der Waals surface area contributed by atoms with Crippen molar-refractivity contribution in [1.29, 1.82) is 0 Å². The molecule has 1 saturated heterocycles. The number of amides is 2. The largest absolute Gasteiger partial charge is 0.338 e. The van der Waals surface area contributed by atoms with Crippen LogP contribution in [-0.2, 0) is 16.1 Å². The highest BCUT2D eigenvalue weighted by Crippen LogP contribution is 2.23. The molecule has 1 aromatic carbocycles. The van der Waals surface area contributed by atoms with Gasteiger partial charge < -0.3 is 10.6 Å². The summed E-state index contributed by atoms with van der Waals surface area (Å²) in [5.74, 6) is -0.0345. The van der Waals surface area contributed by atoms with Crippen molar-refractivity contribution in [2.45, 2.75) is 6.54 Å². The van der Waals surface area contributed by atoms with Crippen LogP contribution in [0.15, 0.2) is 30.3 Å². The van der Waals surface area contributed by atoms with Crippen LogP contribution in [0, 0.1) is 0 Å². The Morgan fingerprint density at radius 3 is 2.60 bits per heavy atom. The normalized spacial score (nSPS) is 15.6. The molecule has 0 aliphatic carbocycles. The van der Waals surface area contributed by atoms with Gasteiger partial charge in [-0.25, -0.2) is 4.98 Å². The molecule has 0 saturated carbocycles. The molecule has 1 aliphatic heterocycles. The maximum atomic E-state index is 11.5. The number of rotatable bonds is 2. The molecule has 0 unspecified atom stereocenters. The van der Waals surface area contributed by atoms with E-state index in [0.29, 0.717) is 12.4 Å². The van der Waals surface area contributed by atoms with Gasteiger partial charge in [0.15, 0.2) is 0 Å². The monoisotopic (exact) mass is 270 g/mol. The standard InChI is InChI=1S/C14H14N4O2/c15-6-10-5-9-3-1-2-4-11(9)16-14(10)18-7-12(19)17-13(20)8-18/h1-5H,6-8,15H2,(H,17,19,20). The van der Waals surface area contributed by atoms with Crippen molar-refractivity contribution >= 4 is 28.5 Å². The van der Waals surface area contributed by atoms with Gasteiger partial charge in [-0.05, 0) is 12.1 Å². The van der Waals surface area contributed by atoms with Crippen molar-refractivity contribution in [2.75, 3.05) is 18.0 Å². The predicted molar refractivity (Wildman–Crippen MR) is 75.0 cm³/mol. The van der Waals surface area contributed by atoms with E-state index in [1.807, 2.05) is 30.3 Å². The van der Waals surface area contributed by atoms with Gasteiger partial charge in [0.1, 0.15) is 5.82 Å². The van der Waals surface area contributed by atoms with E-state index in [1.54, 1.807) is 4.90 Å². The van der Waals surface area contributed by atoms with Gasteiger partial charge in [0.25, 0.3) is 0 Å². The maximum Gasteiger partial charge on any atom is 0.246 e. The summed E-state index contributed by atoms with van der Waals surface area (Å²) in [4.78, 5) is 29.2. The van der Waals surface area contributed by atoms with Crippen molar-refractivity contribution in [3.05, 3.63) is 35.9 Å². The lowest BCUT2D eigenvalue weighted by atomic mass is 10.1. The first-order chi connectivity index (χ1) is 9.67. The van der Waals surface area contributed by atoms with Crippen LogP contribution in [-0.4, -0.2) is 29.9 Å². The second-order valence-electron chi connectivity index (χ2n) is 4.70. The number of para-hydroxylation sites is 1. The van der Waals surface area contributed by atoms with Gasteiger partial charge in [-0.15, -0.1) is 0 Å². The number of nitrogens with one attached hydrogen (secondary N) is 1.